The van der Waals surface area contributed by atoms with Gasteiger partial charge >= 0.3 is 0 Å². The minimum absolute atomic E-state index is 0.580. The molecule has 0 spiro atoms. The number of ether oxygens (including phenoxy) is 1. The molecule has 18 heavy (non-hydrogen) atoms. The van der Waals surface area contributed by atoms with E-state index in [1.165, 1.54) is 5.56 Å². The summed E-state index contributed by atoms with van der Waals surface area (Å²) in [5.41, 5.74) is 2.47. The van der Waals surface area contributed by atoms with Gasteiger partial charge < -0.3 is 9.62 Å². The molecule has 0 saturated carbocycles. The van der Waals surface area contributed by atoms with Crippen LogP contribution in [0.15, 0.2) is 48.5 Å². The Morgan fingerprint density at radius 3 is 2.28 bits per heavy atom. The van der Waals surface area contributed by atoms with Crippen LogP contribution in [0.4, 0.5) is 0 Å². The lowest BCUT2D eigenvalue weighted by molar-refractivity contribution is -0.194. The van der Waals surface area contributed by atoms with Gasteiger partial charge in [0.15, 0.2) is 5.75 Å². The molecule has 3 heteroatoms. The third-order valence-electron chi connectivity index (χ3n) is 2.94. The Balaban J connectivity index is 0.000000111. The first-order valence-corrected chi connectivity index (χ1v) is 6.01. The van der Waals surface area contributed by atoms with Gasteiger partial charge in [0.25, 0.3) is 0 Å². The van der Waals surface area contributed by atoms with Gasteiger partial charge in [0.1, 0.15) is 12.4 Å². The Labute approximate surface area is 106 Å². The number of hydrogen-bond donors (Lipinski definition) is 0. The Morgan fingerprint density at radius 1 is 0.778 bits per heavy atom. The SMILES string of the molecule is c1ccc2c(c1)CCO2.c1ccc2c(c1)COO2. The summed E-state index contributed by atoms with van der Waals surface area (Å²) in [7, 11) is 0. The maximum absolute atomic E-state index is 5.30. The Hall–Kier alpha value is -2.00. The van der Waals surface area contributed by atoms with Crippen LogP contribution >= 0.6 is 0 Å². The highest BCUT2D eigenvalue weighted by molar-refractivity contribution is 5.36. The molecule has 2 aromatic rings. The van der Waals surface area contributed by atoms with Gasteiger partial charge in [-0.25, -0.2) is 0 Å². The smallest absolute Gasteiger partial charge is 0.171 e. The van der Waals surface area contributed by atoms with Crippen molar-refractivity contribution in [2.45, 2.75) is 13.0 Å². The number of hydrogen-bond acceptors (Lipinski definition) is 3. The van der Waals surface area contributed by atoms with Crippen LogP contribution in [0.25, 0.3) is 0 Å². The van der Waals surface area contributed by atoms with Crippen LogP contribution in [0.5, 0.6) is 11.5 Å². The molecule has 0 unspecified atom stereocenters. The van der Waals surface area contributed by atoms with Crippen LogP contribution < -0.4 is 9.62 Å². The minimum atomic E-state index is 0.580. The van der Waals surface area contributed by atoms with Crippen LogP contribution in [-0.4, -0.2) is 6.61 Å². The summed E-state index contributed by atoms with van der Waals surface area (Å²) in [5.74, 6) is 1.91. The van der Waals surface area contributed by atoms with Gasteiger partial charge in [0.2, 0.25) is 0 Å². The van der Waals surface area contributed by atoms with E-state index >= 15 is 0 Å². The molecule has 2 heterocycles. The van der Waals surface area contributed by atoms with Crippen molar-refractivity contribution < 1.29 is 14.5 Å². The largest absolute Gasteiger partial charge is 0.493 e. The predicted molar refractivity (Wildman–Crippen MR) is 67.5 cm³/mol. The van der Waals surface area contributed by atoms with Crippen molar-refractivity contribution in [3.63, 3.8) is 0 Å². The van der Waals surface area contributed by atoms with E-state index in [-0.39, 0.29) is 0 Å². The average Bonchev–Trinajstić information content (AvgIpc) is 3.08. The molecule has 0 amide bonds. The lowest BCUT2D eigenvalue weighted by atomic mass is 10.2. The highest BCUT2D eigenvalue weighted by atomic mass is 17.2. The second-order valence-corrected chi connectivity index (χ2v) is 4.16. The molecule has 92 valence electrons. The van der Waals surface area contributed by atoms with E-state index < -0.39 is 0 Å². The number of fused-ring (bicyclic) bond motifs is 2. The lowest BCUT2D eigenvalue weighted by Gasteiger charge is -1.93. The quantitative estimate of drug-likeness (QED) is 0.664. The summed E-state index contributed by atoms with van der Waals surface area (Å²) >= 11 is 0. The average molecular weight is 242 g/mol. The fourth-order valence-electron chi connectivity index (χ4n) is 1.98. The van der Waals surface area contributed by atoms with Gasteiger partial charge in [-0.05, 0) is 17.7 Å². The molecule has 0 fully saturated rings. The van der Waals surface area contributed by atoms with Gasteiger partial charge in [-0.15, -0.1) is 0 Å². The molecule has 0 radical (unpaired) electrons. The fraction of sp³-hybridized carbons (Fsp3) is 0.200. The van der Waals surface area contributed by atoms with Crippen molar-refractivity contribution in [1.29, 1.82) is 0 Å². The highest BCUT2D eigenvalue weighted by Crippen LogP contribution is 2.24. The zero-order valence-electron chi connectivity index (χ0n) is 9.96. The third-order valence-corrected chi connectivity index (χ3v) is 2.94. The topological polar surface area (TPSA) is 27.7 Å². The van der Waals surface area contributed by atoms with E-state index in [1.54, 1.807) is 0 Å². The monoisotopic (exact) mass is 242 g/mol. The van der Waals surface area contributed by atoms with Crippen molar-refractivity contribution in [1.82, 2.24) is 0 Å². The first kappa shape index (κ1) is 11.1. The van der Waals surface area contributed by atoms with E-state index in [4.69, 9.17) is 14.5 Å². The van der Waals surface area contributed by atoms with Crippen molar-refractivity contribution in [3.05, 3.63) is 59.7 Å². The number of benzene rings is 2. The van der Waals surface area contributed by atoms with Crippen molar-refractivity contribution in [2.75, 3.05) is 6.61 Å². The highest BCUT2D eigenvalue weighted by Gasteiger charge is 2.10. The van der Waals surface area contributed by atoms with E-state index in [2.05, 4.69) is 6.07 Å². The maximum atomic E-state index is 5.30. The summed E-state index contributed by atoms with van der Waals surface area (Å²) < 4.78 is 5.30. The van der Waals surface area contributed by atoms with Crippen LogP contribution in [-0.2, 0) is 17.9 Å². The standard InChI is InChI=1S/C8H8O.C7H6O2/c1-2-4-8-7(3-1)5-6-9-8;1-2-4-7-6(3-1)5-8-9-7/h1-4H,5-6H2;1-4H,5H2. The van der Waals surface area contributed by atoms with Crippen LogP contribution in [0.3, 0.4) is 0 Å². The van der Waals surface area contributed by atoms with E-state index in [1.807, 2.05) is 42.5 Å². The molecule has 0 saturated heterocycles. The fourth-order valence-corrected chi connectivity index (χ4v) is 1.98. The summed E-state index contributed by atoms with van der Waals surface area (Å²) in [6.45, 7) is 1.44. The molecule has 2 aliphatic rings. The molecule has 0 aliphatic carbocycles. The van der Waals surface area contributed by atoms with E-state index in [0.717, 1.165) is 30.1 Å². The zero-order chi connectivity index (χ0) is 12.2. The summed E-state index contributed by atoms with van der Waals surface area (Å²) in [6.07, 6.45) is 1.08. The first-order valence-electron chi connectivity index (χ1n) is 6.01. The molecule has 4 rings (SSSR count). The first-order chi connectivity index (χ1) is 8.93. The van der Waals surface area contributed by atoms with E-state index in [0.29, 0.717) is 6.61 Å². The molecule has 0 aromatic heterocycles. The lowest BCUT2D eigenvalue weighted by Crippen LogP contribution is -1.85. The third kappa shape index (κ3) is 2.31. The second kappa shape index (κ2) is 5.10. The van der Waals surface area contributed by atoms with Crippen LogP contribution in [0, 0.1) is 0 Å². The predicted octanol–water partition coefficient (Wildman–Crippen LogP) is 3.13. The Kier molecular flexibility index (Phi) is 3.15. The Bertz CT molecular complexity index is 441. The number of para-hydroxylation sites is 2. The molecule has 2 aliphatic heterocycles. The van der Waals surface area contributed by atoms with Gasteiger partial charge in [-0.1, -0.05) is 36.4 Å². The Morgan fingerprint density at radius 2 is 1.50 bits per heavy atom. The molecule has 0 N–H and O–H groups in total. The molecule has 3 nitrogen and oxygen atoms in total. The van der Waals surface area contributed by atoms with Gasteiger partial charge in [0, 0.05) is 12.0 Å². The maximum Gasteiger partial charge on any atom is 0.171 e. The molecular formula is C15H14O3. The van der Waals surface area contributed by atoms with Crippen LogP contribution in [0.2, 0.25) is 0 Å². The second-order valence-electron chi connectivity index (χ2n) is 4.16. The number of rotatable bonds is 0. The van der Waals surface area contributed by atoms with Gasteiger partial charge in [-0.2, -0.15) is 4.89 Å². The van der Waals surface area contributed by atoms with Crippen molar-refractivity contribution >= 4 is 0 Å². The van der Waals surface area contributed by atoms with Gasteiger partial charge in [-0.3, -0.25) is 0 Å². The molecule has 0 atom stereocenters. The normalized spacial score (nSPS) is 14.7. The summed E-state index contributed by atoms with van der Waals surface area (Å²) in [4.78, 5) is 9.51. The van der Waals surface area contributed by atoms with E-state index in [9.17, 15) is 0 Å². The molecular weight excluding hydrogens is 228 g/mol. The summed E-state index contributed by atoms with van der Waals surface area (Å²) in [6, 6.07) is 16.0. The van der Waals surface area contributed by atoms with Crippen molar-refractivity contribution in [2.24, 2.45) is 0 Å². The zero-order valence-corrected chi connectivity index (χ0v) is 9.96. The van der Waals surface area contributed by atoms with Gasteiger partial charge in [0.05, 0.1) is 6.61 Å². The minimum Gasteiger partial charge on any atom is -0.493 e. The summed E-state index contributed by atoms with van der Waals surface area (Å²) in [5, 5.41) is 0. The molecule has 2 aromatic carbocycles. The van der Waals surface area contributed by atoms with Crippen molar-refractivity contribution in [3.8, 4) is 11.5 Å². The van der Waals surface area contributed by atoms with Crippen LogP contribution in [0.1, 0.15) is 11.1 Å². The molecule has 0 bridgehead atoms.